The van der Waals surface area contributed by atoms with Crippen molar-refractivity contribution in [2.24, 2.45) is 12.2 Å². The summed E-state index contributed by atoms with van der Waals surface area (Å²) in [6.07, 6.45) is 1.38. The van der Waals surface area contributed by atoms with Gasteiger partial charge in [0.05, 0.1) is 23.7 Å². The molecule has 0 spiro atoms. The lowest BCUT2D eigenvalue weighted by Gasteiger charge is -2.18. The van der Waals surface area contributed by atoms with Gasteiger partial charge in [-0.15, -0.1) is 0 Å². The molecule has 1 fully saturated rings. The lowest BCUT2D eigenvalue weighted by molar-refractivity contribution is -0.386. The molecule has 1 saturated heterocycles. The standard InChI is InChI=1S/C11H16N6O4/c1-16-11(8(5-13-16)17(18)19)9-4-3-7(14-15-12)10(20-2)6-21-9/h5,7,9-10H,3-4,6H2,1-2H3. The summed E-state index contributed by atoms with van der Waals surface area (Å²) < 4.78 is 12.4. The van der Waals surface area contributed by atoms with E-state index in [-0.39, 0.29) is 24.4 Å². The summed E-state index contributed by atoms with van der Waals surface area (Å²) in [5, 5.41) is 18.7. The van der Waals surface area contributed by atoms with Crippen molar-refractivity contribution in [3.05, 3.63) is 32.4 Å². The summed E-state index contributed by atoms with van der Waals surface area (Å²) in [6, 6.07) is -0.350. The maximum absolute atomic E-state index is 11.1. The van der Waals surface area contributed by atoms with Crippen LogP contribution >= 0.6 is 0 Å². The maximum Gasteiger partial charge on any atom is 0.312 e. The Hall–Kier alpha value is -2.16. The lowest BCUT2D eigenvalue weighted by Crippen LogP contribution is -2.28. The van der Waals surface area contributed by atoms with Crippen LogP contribution in [0.4, 0.5) is 5.69 Å². The van der Waals surface area contributed by atoms with Gasteiger partial charge in [0.25, 0.3) is 0 Å². The van der Waals surface area contributed by atoms with Crippen LogP contribution in [0, 0.1) is 10.1 Å². The van der Waals surface area contributed by atoms with Gasteiger partial charge in [0.1, 0.15) is 18.0 Å². The number of nitro groups is 1. The molecular formula is C11H16N6O4. The average molecular weight is 296 g/mol. The molecule has 1 aliphatic rings. The van der Waals surface area contributed by atoms with Crippen LogP contribution in [0.25, 0.3) is 10.4 Å². The number of hydrogen-bond acceptors (Lipinski definition) is 6. The number of aryl methyl sites for hydroxylation is 1. The van der Waals surface area contributed by atoms with E-state index in [9.17, 15) is 10.1 Å². The molecule has 0 aromatic carbocycles. The molecular weight excluding hydrogens is 280 g/mol. The maximum atomic E-state index is 11.1. The molecule has 3 atom stereocenters. The van der Waals surface area contributed by atoms with Gasteiger partial charge in [-0.2, -0.15) is 5.10 Å². The van der Waals surface area contributed by atoms with E-state index in [1.165, 1.54) is 18.0 Å². The monoisotopic (exact) mass is 296 g/mol. The zero-order valence-corrected chi connectivity index (χ0v) is 11.7. The predicted octanol–water partition coefficient (Wildman–Crippen LogP) is 1.87. The molecule has 0 N–H and O–H groups in total. The van der Waals surface area contributed by atoms with Gasteiger partial charge < -0.3 is 9.47 Å². The Morgan fingerprint density at radius 1 is 1.67 bits per heavy atom. The second-order valence-corrected chi connectivity index (χ2v) is 4.74. The van der Waals surface area contributed by atoms with E-state index in [4.69, 9.17) is 15.0 Å². The highest BCUT2D eigenvalue weighted by Crippen LogP contribution is 2.34. The van der Waals surface area contributed by atoms with E-state index in [1.54, 1.807) is 7.05 Å². The summed E-state index contributed by atoms with van der Waals surface area (Å²) in [7, 11) is 3.15. The fourth-order valence-corrected chi connectivity index (χ4v) is 2.50. The van der Waals surface area contributed by atoms with Gasteiger partial charge in [-0.25, -0.2) is 0 Å². The van der Waals surface area contributed by atoms with Crippen molar-refractivity contribution in [1.29, 1.82) is 0 Å². The number of azide groups is 1. The van der Waals surface area contributed by atoms with Crippen molar-refractivity contribution in [3.8, 4) is 0 Å². The number of hydrogen-bond donors (Lipinski definition) is 0. The van der Waals surface area contributed by atoms with Gasteiger partial charge in [0, 0.05) is 19.1 Å². The molecule has 1 aromatic rings. The zero-order chi connectivity index (χ0) is 15.4. The van der Waals surface area contributed by atoms with Crippen molar-refractivity contribution < 1.29 is 14.4 Å². The summed E-state index contributed by atoms with van der Waals surface area (Å²) in [4.78, 5) is 13.4. The fraction of sp³-hybridized carbons (Fsp3) is 0.727. The normalized spacial score (nSPS) is 25.9. The van der Waals surface area contributed by atoms with E-state index >= 15 is 0 Å². The first-order valence-electron chi connectivity index (χ1n) is 6.43. The Kier molecular flexibility index (Phi) is 4.73. The summed E-state index contributed by atoms with van der Waals surface area (Å²) >= 11 is 0. The third-order valence-corrected chi connectivity index (χ3v) is 3.58. The highest BCUT2D eigenvalue weighted by atomic mass is 16.6. The molecule has 0 bridgehead atoms. The zero-order valence-electron chi connectivity index (χ0n) is 11.7. The van der Waals surface area contributed by atoms with Crippen molar-refractivity contribution in [2.45, 2.75) is 31.1 Å². The van der Waals surface area contributed by atoms with E-state index in [0.717, 1.165) is 0 Å². The molecule has 2 rings (SSSR count). The number of methoxy groups -OCH3 is 1. The average Bonchev–Trinajstić information content (AvgIpc) is 2.73. The quantitative estimate of drug-likeness (QED) is 0.275. The van der Waals surface area contributed by atoms with Gasteiger partial charge in [-0.05, 0) is 18.4 Å². The molecule has 0 amide bonds. The van der Waals surface area contributed by atoms with Crippen LogP contribution in [0.5, 0.6) is 0 Å². The van der Waals surface area contributed by atoms with Crippen LogP contribution in [0.15, 0.2) is 11.3 Å². The van der Waals surface area contributed by atoms with E-state index in [0.29, 0.717) is 18.5 Å². The van der Waals surface area contributed by atoms with Crippen LogP contribution in [0.1, 0.15) is 24.6 Å². The van der Waals surface area contributed by atoms with Gasteiger partial charge in [-0.3, -0.25) is 14.8 Å². The third-order valence-electron chi connectivity index (χ3n) is 3.58. The van der Waals surface area contributed by atoms with Gasteiger partial charge in [-0.1, -0.05) is 5.11 Å². The van der Waals surface area contributed by atoms with Gasteiger partial charge >= 0.3 is 5.69 Å². The van der Waals surface area contributed by atoms with Crippen LogP contribution in [0.3, 0.4) is 0 Å². The largest absolute Gasteiger partial charge is 0.379 e. The predicted molar refractivity (Wildman–Crippen MR) is 71.5 cm³/mol. The molecule has 2 heterocycles. The molecule has 10 nitrogen and oxygen atoms in total. The number of rotatable bonds is 4. The highest BCUT2D eigenvalue weighted by Gasteiger charge is 2.33. The van der Waals surface area contributed by atoms with Crippen molar-refractivity contribution in [2.75, 3.05) is 13.7 Å². The number of ether oxygens (including phenoxy) is 2. The summed E-state index contributed by atoms with van der Waals surface area (Å²) in [5.74, 6) is 0. The molecule has 3 unspecified atom stereocenters. The first kappa shape index (κ1) is 15.2. The molecule has 21 heavy (non-hydrogen) atoms. The summed E-state index contributed by atoms with van der Waals surface area (Å²) in [6.45, 7) is 0.202. The smallest absolute Gasteiger partial charge is 0.312 e. The minimum absolute atomic E-state index is 0.0706. The van der Waals surface area contributed by atoms with E-state index in [1.807, 2.05) is 0 Å². The number of aromatic nitrogens is 2. The van der Waals surface area contributed by atoms with Crippen LogP contribution in [-0.4, -0.2) is 40.6 Å². The Bertz CT molecular complexity index is 567. The minimum Gasteiger partial charge on any atom is -0.379 e. The van der Waals surface area contributed by atoms with Gasteiger partial charge in [0.15, 0.2) is 0 Å². The Balaban J connectivity index is 2.25. The van der Waals surface area contributed by atoms with E-state index < -0.39 is 11.0 Å². The Labute approximate surface area is 120 Å². The third kappa shape index (κ3) is 3.13. The Morgan fingerprint density at radius 2 is 2.43 bits per heavy atom. The topological polar surface area (TPSA) is 128 Å². The summed E-state index contributed by atoms with van der Waals surface area (Å²) in [5.41, 5.74) is 8.94. The molecule has 0 aliphatic carbocycles. The Morgan fingerprint density at radius 3 is 3.05 bits per heavy atom. The highest BCUT2D eigenvalue weighted by molar-refractivity contribution is 5.34. The van der Waals surface area contributed by atoms with Crippen molar-refractivity contribution >= 4 is 5.69 Å². The van der Waals surface area contributed by atoms with Crippen molar-refractivity contribution in [1.82, 2.24) is 9.78 Å². The van der Waals surface area contributed by atoms with Crippen molar-refractivity contribution in [3.63, 3.8) is 0 Å². The first-order chi connectivity index (χ1) is 10.1. The molecule has 0 radical (unpaired) electrons. The minimum atomic E-state index is -0.477. The molecule has 1 aromatic heterocycles. The fourth-order valence-electron chi connectivity index (χ4n) is 2.50. The van der Waals surface area contributed by atoms with Crippen LogP contribution in [-0.2, 0) is 16.5 Å². The first-order valence-corrected chi connectivity index (χ1v) is 6.43. The molecule has 1 aliphatic heterocycles. The van der Waals surface area contributed by atoms with Crippen LogP contribution < -0.4 is 0 Å². The lowest BCUT2D eigenvalue weighted by atomic mass is 10.0. The second-order valence-electron chi connectivity index (χ2n) is 4.74. The number of nitrogens with zero attached hydrogens (tertiary/aromatic N) is 6. The second kappa shape index (κ2) is 6.53. The SMILES string of the molecule is COC1COC(c2c([N+](=O)[O-])cnn2C)CCC1N=[N+]=[N-]. The molecule has 114 valence electrons. The molecule has 0 saturated carbocycles. The van der Waals surface area contributed by atoms with Crippen LogP contribution in [0.2, 0.25) is 0 Å². The molecule has 10 heteroatoms. The van der Waals surface area contributed by atoms with Gasteiger partial charge in [0.2, 0.25) is 0 Å². The van der Waals surface area contributed by atoms with E-state index in [2.05, 4.69) is 15.1 Å².